The van der Waals surface area contributed by atoms with Gasteiger partial charge in [-0.1, -0.05) is 0 Å². The van der Waals surface area contributed by atoms with Gasteiger partial charge in [-0.05, 0) is 0 Å². The molecule has 0 rings (SSSR count). The van der Waals surface area contributed by atoms with E-state index in [0.29, 0.717) is 0 Å². The van der Waals surface area contributed by atoms with Crippen LogP contribution in [-0.2, 0) is 9.47 Å². The van der Waals surface area contributed by atoms with Crippen molar-refractivity contribution in [3.8, 4) is 0 Å². The third kappa shape index (κ3) is 10.2. The molecule has 0 atom stereocenters. The average molecular weight is 152 g/mol. The van der Waals surface area contributed by atoms with Crippen molar-refractivity contribution in [3.63, 3.8) is 0 Å². The van der Waals surface area contributed by atoms with Crippen molar-refractivity contribution in [1.82, 2.24) is 0 Å². The lowest BCUT2D eigenvalue weighted by molar-refractivity contribution is 0.0585. The van der Waals surface area contributed by atoms with Crippen molar-refractivity contribution in [2.24, 2.45) is 0 Å². The van der Waals surface area contributed by atoms with Crippen LogP contribution < -0.4 is 0 Å². The van der Waals surface area contributed by atoms with Crippen LogP contribution in [0.15, 0.2) is 0 Å². The highest BCUT2D eigenvalue weighted by atomic mass is 16.7. The van der Waals surface area contributed by atoms with Gasteiger partial charge in [-0.15, -0.1) is 0 Å². The molecule has 5 heteroatoms. The molecule has 0 saturated heterocycles. The highest BCUT2D eigenvalue weighted by molar-refractivity contribution is 5.59. The summed E-state index contributed by atoms with van der Waals surface area (Å²) in [5.74, 6) is 0. The van der Waals surface area contributed by atoms with Gasteiger partial charge in [0.15, 0.2) is 0 Å². The summed E-state index contributed by atoms with van der Waals surface area (Å²) in [5.41, 5.74) is 0. The van der Waals surface area contributed by atoms with Crippen LogP contribution in [-0.4, -0.2) is 43.8 Å². The molecule has 62 valence electrons. The molecule has 2 N–H and O–H groups in total. The lowest BCUT2D eigenvalue weighted by Gasteiger charge is -1.97. The number of carbonyl (C=O) groups is 1. The Morgan fingerprint density at radius 3 is 2.30 bits per heavy atom. The van der Waals surface area contributed by atoms with Crippen LogP contribution in [0.3, 0.4) is 0 Å². The molecule has 0 bridgehead atoms. The molecule has 0 spiro atoms. The minimum absolute atomic E-state index is 0.00727. The molecule has 0 fully saturated rings. The van der Waals surface area contributed by atoms with E-state index < -0.39 is 6.16 Å². The predicted octanol–water partition coefficient (Wildman–Crippen LogP) is -0.630. The van der Waals surface area contributed by atoms with E-state index in [4.69, 9.17) is 10.2 Å². The minimum atomic E-state index is -0.765. The van der Waals surface area contributed by atoms with E-state index in [1.807, 2.05) is 0 Å². The van der Waals surface area contributed by atoms with Crippen LogP contribution in [0, 0.1) is 0 Å². The van der Waals surface area contributed by atoms with Crippen LogP contribution in [0.2, 0.25) is 0 Å². The number of aliphatic hydroxyl groups is 2. The van der Waals surface area contributed by atoms with Gasteiger partial charge in [0.1, 0.15) is 6.61 Å². The van der Waals surface area contributed by atoms with Gasteiger partial charge in [0, 0.05) is 7.11 Å². The summed E-state index contributed by atoms with van der Waals surface area (Å²) < 4.78 is 8.31. The van der Waals surface area contributed by atoms with Gasteiger partial charge in [-0.2, -0.15) is 0 Å². The Bertz CT molecular complexity index is 72.4. The van der Waals surface area contributed by atoms with E-state index in [0.717, 1.165) is 7.11 Å². The summed E-state index contributed by atoms with van der Waals surface area (Å²) in [6.45, 7) is -0.179. The maximum absolute atomic E-state index is 10.0. The Morgan fingerprint density at radius 1 is 1.50 bits per heavy atom. The molecular formula is C5H12O5. The van der Waals surface area contributed by atoms with Gasteiger partial charge in [0.25, 0.3) is 0 Å². The zero-order valence-corrected chi connectivity index (χ0v) is 6.03. The molecule has 0 aromatic rings. The van der Waals surface area contributed by atoms with E-state index in [1.165, 1.54) is 7.11 Å². The van der Waals surface area contributed by atoms with Crippen molar-refractivity contribution in [2.75, 3.05) is 27.4 Å². The van der Waals surface area contributed by atoms with E-state index in [-0.39, 0.29) is 13.2 Å². The largest absolute Gasteiger partial charge is 0.508 e. The Balaban J connectivity index is 0. The molecule has 0 aromatic carbocycles. The highest BCUT2D eigenvalue weighted by Crippen LogP contribution is 1.78. The summed E-state index contributed by atoms with van der Waals surface area (Å²) in [6.07, 6.45) is -0.765. The summed E-state index contributed by atoms with van der Waals surface area (Å²) in [4.78, 5) is 10.0. The molecule has 0 aliphatic carbocycles. The molecule has 0 amide bonds. The SMILES string of the molecule is CO.COC(=O)OCCO. The fourth-order valence-corrected chi connectivity index (χ4v) is 0.188. The molecular weight excluding hydrogens is 140 g/mol. The van der Waals surface area contributed by atoms with Crippen LogP contribution >= 0.6 is 0 Å². The number of carbonyl (C=O) groups excluding carboxylic acids is 1. The highest BCUT2D eigenvalue weighted by Gasteiger charge is 1.95. The average Bonchev–Trinajstić information content (AvgIpc) is 2.04. The molecule has 0 unspecified atom stereocenters. The Kier molecular flexibility index (Phi) is 13.2. The molecule has 0 aromatic heterocycles. The number of aliphatic hydroxyl groups excluding tert-OH is 2. The monoisotopic (exact) mass is 152 g/mol. The second-order valence-corrected chi connectivity index (χ2v) is 1.03. The number of ether oxygens (including phenoxy) is 2. The van der Waals surface area contributed by atoms with Crippen LogP contribution in [0.4, 0.5) is 4.79 Å². The Labute approximate surface area is 59.2 Å². The third-order valence-electron chi connectivity index (χ3n) is 0.478. The van der Waals surface area contributed by atoms with Crippen molar-refractivity contribution < 1.29 is 24.5 Å². The number of hydrogen-bond acceptors (Lipinski definition) is 5. The zero-order valence-electron chi connectivity index (χ0n) is 6.03. The van der Waals surface area contributed by atoms with Gasteiger partial charge in [-0.25, -0.2) is 4.79 Å². The van der Waals surface area contributed by atoms with Crippen molar-refractivity contribution in [1.29, 1.82) is 0 Å². The quantitative estimate of drug-likeness (QED) is 0.515. The van der Waals surface area contributed by atoms with E-state index in [2.05, 4.69) is 9.47 Å². The van der Waals surface area contributed by atoms with Gasteiger partial charge in [0.2, 0.25) is 0 Å². The Hall–Kier alpha value is -0.810. The first-order chi connectivity index (χ1) is 4.81. The molecule has 0 heterocycles. The Morgan fingerprint density at radius 2 is 2.00 bits per heavy atom. The van der Waals surface area contributed by atoms with Gasteiger partial charge >= 0.3 is 6.16 Å². The molecule has 10 heavy (non-hydrogen) atoms. The van der Waals surface area contributed by atoms with Gasteiger partial charge in [-0.3, -0.25) is 0 Å². The second kappa shape index (κ2) is 11.0. The summed E-state index contributed by atoms with van der Waals surface area (Å²) >= 11 is 0. The smallest absolute Gasteiger partial charge is 0.438 e. The standard InChI is InChI=1S/C4H8O4.CH4O/c1-7-4(6)8-3-2-5;1-2/h5H,2-3H2,1H3;2H,1H3. The van der Waals surface area contributed by atoms with Crippen LogP contribution in [0.5, 0.6) is 0 Å². The van der Waals surface area contributed by atoms with Crippen molar-refractivity contribution in [2.45, 2.75) is 0 Å². The lowest BCUT2D eigenvalue weighted by atomic mass is 10.8. The summed E-state index contributed by atoms with van der Waals surface area (Å²) in [7, 11) is 2.21. The van der Waals surface area contributed by atoms with Gasteiger partial charge < -0.3 is 19.7 Å². The molecule has 0 aliphatic rings. The van der Waals surface area contributed by atoms with E-state index in [9.17, 15) is 4.79 Å². The van der Waals surface area contributed by atoms with Gasteiger partial charge in [0.05, 0.1) is 13.7 Å². The van der Waals surface area contributed by atoms with Crippen molar-refractivity contribution in [3.05, 3.63) is 0 Å². The van der Waals surface area contributed by atoms with E-state index >= 15 is 0 Å². The fourth-order valence-electron chi connectivity index (χ4n) is 0.188. The first kappa shape index (κ1) is 11.9. The van der Waals surface area contributed by atoms with Crippen molar-refractivity contribution >= 4 is 6.16 Å². The summed E-state index contributed by atoms with van der Waals surface area (Å²) in [6, 6.07) is 0. The first-order valence-electron chi connectivity index (χ1n) is 2.57. The maximum atomic E-state index is 10.0. The number of rotatable bonds is 2. The maximum Gasteiger partial charge on any atom is 0.508 e. The number of hydrogen-bond donors (Lipinski definition) is 2. The van der Waals surface area contributed by atoms with Crippen LogP contribution in [0.25, 0.3) is 0 Å². The molecule has 0 saturated carbocycles. The third-order valence-corrected chi connectivity index (χ3v) is 0.478. The molecule has 0 aliphatic heterocycles. The lowest BCUT2D eigenvalue weighted by Crippen LogP contribution is -2.07. The normalized spacial score (nSPS) is 7.20. The predicted molar refractivity (Wildman–Crippen MR) is 33.6 cm³/mol. The molecule has 5 nitrogen and oxygen atoms in total. The number of methoxy groups -OCH3 is 1. The first-order valence-corrected chi connectivity index (χ1v) is 2.57. The second-order valence-electron chi connectivity index (χ2n) is 1.03. The molecule has 0 radical (unpaired) electrons. The fraction of sp³-hybridized carbons (Fsp3) is 0.800. The van der Waals surface area contributed by atoms with E-state index in [1.54, 1.807) is 0 Å². The zero-order chi connectivity index (χ0) is 8.41. The minimum Gasteiger partial charge on any atom is -0.438 e. The summed E-state index contributed by atoms with van der Waals surface area (Å²) in [5, 5.41) is 15.1. The topological polar surface area (TPSA) is 76.0 Å². The van der Waals surface area contributed by atoms with Crippen LogP contribution in [0.1, 0.15) is 0 Å².